The molecular formula is C28H21N3O3S. The largest absolute Gasteiger partial charge is 0.507 e. The van der Waals surface area contributed by atoms with Crippen LogP contribution in [0.15, 0.2) is 108 Å². The van der Waals surface area contributed by atoms with Crippen LogP contribution < -0.4 is 10.6 Å². The Hall–Kier alpha value is -4.49. The van der Waals surface area contributed by atoms with E-state index in [4.69, 9.17) is 16.6 Å². The number of thiocarbonyl (C=S) groups is 1. The molecule has 0 unspecified atom stereocenters. The van der Waals surface area contributed by atoms with Gasteiger partial charge >= 0.3 is 0 Å². The number of anilines is 1. The van der Waals surface area contributed by atoms with Crippen LogP contribution in [0.1, 0.15) is 17.0 Å². The molecule has 0 aliphatic carbocycles. The minimum Gasteiger partial charge on any atom is -0.507 e. The third-order valence-corrected chi connectivity index (χ3v) is 5.75. The van der Waals surface area contributed by atoms with E-state index in [0.29, 0.717) is 28.2 Å². The van der Waals surface area contributed by atoms with E-state index in [1.54, 1.807) is 12.1 Å². The van der Waals surface area contributed by atoms with Crippen LogP contribution in [0.2, 0.25) is 0 Å². The number of nitrogens with one attached hydrogen (secondary N) is 2. The van der Waals surface area contributed by atoms with Crippen molar-refractivity contribution >= 4 is 40.0 Å². The minimum absolute atomic E-state index is 0.0258. The summed E-state index contributed by atoms with van der Waals surface area (Å²) < 4.78 is 5.74. The molecule has 0 saturated carbocycles. The minimum atomic E-state index is -0.521. The van der Waals surface area contributed by atoms with Gasteiger partial charge in [-0.1, -0.05) is 72.8 Å². The topological polar surface area (TPSA) is 87.4 Å². The molecule has 7 heteroatoms. The second kappa shape index (κ2) is 9.79. The van der Waals surface area contributed by atoms with E-state index in [2.05, 4.69) is 15.6 Å². The quantitative estimate of drug-likeness (QED) is 0.274. The zero-order valence-electron chi connectivity index (χ0n) is 18.5. The number of aromatic nitrogens is 1. The molecule has 0 bridgehead atoms. The Balaban J connectivity index is 1.32. The van der Waals surface area contributed by atoms with Crippen molar-refractivity contribution in [3.8, 4) is 17.2 Å². The lowest BCUT2D eigenvalue weighted by Gasteiger charge is -2.19. The average molecular weight is 480 g/mol. The summed E-state index contributed by atoms with van der Waals surface area (Å²) in [7, 11) is 0. The van der Waals surface area contributed by atoms with E-state index in [0.717, 1.165) is 11.1 Å². The van der Waals surface area contributed by atoms with Gasteiger partial charge in [-0.05, 0) is 47.6 Å². The normalized spacial score (nSPS) is 10.9. The Morgan fingerprint density at radius 2 is 1.49 bits per heavy atom. The van der Waals surface area contributed by atoms with E-state index < -0.39 is 5.92 Å². The number of phenolic OH excluding ortho intramolecular Hbond substituents is 1. The second-order valence-electron chi connectivity index (χ2n) is 7.92. The van der Waals surface area contributed by atoms with Crippen LogP contribution in [0, 0.1) is 0 Å². The molecule has 6 nitrogen and oxygen atoms in total. The number of nitrogens with zero attached hydrogens (tertiary/aromatic N) is 1. The highest BCUT2D eigenvalue weighted by molar-refractivity contribution is 7.80. The van der Waals surface area contributed by atoms with Crippen molar-refractivity contribution in [2.45, 2.75) is 5.92 Å². The summed E-state index contributed by atoms with van der Waals surface area (Å²) in [5.74, 6) is -0.485. The fraction of sp³-hybridized carbons (Fsp3) is 0.0357. The van der Waals surface area contributed by atoms with E-state index in [1.807, 2.05) is 84.9 Å². The number of rotatable bonds is 5. The summed E-state index contributed by atoms with van der Waals surface area (Å²) in [5, 5.41) is 16.4. The van der Waals surface area contributed by atoms with Gasteiger partial charge in [0.1, 0.15) is 11.3 Å². The van der Waals surface area contributed by atoms with Crippen LogP contribution in [0.3, 0.4) is 0 Å². The molecule has 0 atom stereocenters. The van der Waals surface area contributed by atoms with Crippen LogP contribution in [0.25, 0.3) is 22.6 Å². The van der Waals surface area contributed by atoms with Crippen molar-refractivity contribution in [2.75, 3.05) is 5.32 Å². The summed E-state index contributed by atoms with van der Waals surface area (Å²) in [5.41, 5.74) is 4.04. The maximum absolute atomic E-state index is 13.2. The molecule has 5 aromatic rings. The number of amides is 1. The summed E-state index contributed by atoms with van der Waals surface area (Å²) in [6.45, 7) is 0. The zero-order valence-corrected chi connectivity index (χ0v) is 19.3. The number of benzene rings is 4. The number of para-hydroxylation sites is 2. The van der Waals surface area contributed by atoms with Gasteiger partial charge in [-0.15, -0.1) is 0 Å². The van der Waals surface area contributed by atoms with Gasteiger partial charge in [-0.3, -0.25) is 4.79 Å². The lowest BCUT2D eigenvalue weighted by Crippen LogP contribution is -2.37. The van der Waals surface area contributed by atoms with Crippen LogP contribution in [0.4, 0.5) is 5.69 Å². The molecule has 0 radical (unpaired) electrons. The van der Waals surface area contributed by atoms with Gasteiger partial charge in [0, 0.05) is 11.8 Å². The van der Waals surface area contributed by atoms with E-state index >= 15 is 0 Å². The van der Waals surface area contributed by atoms with E-state index in [-0.39, 0.29) is 16.8 Å². The number of hydrogen-bond donors (Lipinski definition) is 3. The number of hydrogen-bond acceptors (Lipinski definition) is 5. The van der Waals surface area contributed by atoms with Crippen molar-refractivity contribution in [1.82, 2.24) is 10.3 Å². The average Bonchev–Trinajstić information content (AvgIpc) is 3.29. The monoisotopic (exact) mass is 479 g/mol. The van der Waals surface area contributed by atoms with Crippen LogP contribution >= 0.6 is 12.2 Å². The molecule has 3 N–H and O–H groups in total. The Kier molecular flexibility index (Phi) is 6.24. The van der Waals surface area contributed by atoms with Crippen molar-refractivity contribution < 1.29 is 14.3 Å². The van der Waals surface area contributed by atoms with Crippen LogP contribution in [-0.4, -0.2) is 21.1 Å². The smallest absolute Gasteiger partial charge is 0.238 e. The zero-order chi connectivity index (χ0) is 24.2. The first-order valence-electron chi connectivity index (χ1n) is 11.0. The van der Waals surface area contributed by atoms with Crippen LogP contribution in [-0.2, 0) is 4.79 Å². The highest BCUT2D eigenvalue weighted by Crippen LogP contribution is 2.33. The van der Waals surface area contributed by atoms with E-state index in [9.17, 15) is 9.90 Å². The van der Waals surface area contributed by atoms with Gasteiger partial charge in [-0.25, -0.2) is 4.98 Å². The SMILES string of the molecule is O=C(NC(=S)Nc1ccc(-c2nc3ccccc3o2)c(O)c1)C(c1ccccc1)c1ccccc1. The Morgan fingerprint density at radius 1 is 0.857 bits per heavy atom. The van der Waals surface area contributed by atoms with E-state index in [1.165, 1.54) is 6.07 Å². The molecule has 4 aromatic carbocycles. The number of fused-ring (bicyclic) bond motifs is 1. The molecular weight excluding hydrogens is 458 g/mol. The lowest BCUT2D eigenvalue weighted by molar-refractivity contribution is -0.120. The summed E-state index contributed by atoms with van der Waals surface area (Å²) in [4.78, 5) is 17.6. The highest BCUT2D eigenvalue weighted by Gasteiger charge is 2.23. The molecule has 1 aromatic heterocycles. The first kappa shape index (κ1) is 22.3. The predicted octanol–water partition coefficient (Wildman–Crippen LogP) is 5.85. The fourth-order valence-corrected chi connectivity index (χ4v) is 4.13. The molecule has 0 fully saturated rings. The van der Waals surface area contributed by atoms with Gasteiger partial charge in [0.2, 0.25) is 11.8 Å². The molecule has 1 heterocycles. The number of phenols is 1. The predicted molar refractivity (Wildman–Crippen MR) is 140 cm³/mol. The molecule has 35 heavy (non-hydrogen) atoms. The third-order valence-electron chi connectivity index (χ3n) is 5.54. The first-order valence-corrected chi connectivity index (χ1v) is 11.4. The molecule has 1 amide bonds. The summed E-state index contributed by atoms with van der Waals surface area (Å²) >= 11 is 5.39. The van der Waals surface area contributed by atoms with Gasteiger partial charge in [-0.2, -0.15) is 0 Å². The lowest BCUT2D eigenvalue weighted by atomic mass is 9.90. The maximum atomic E-state index is 13.2. The fourth-order valence-electron chi connectivity index (χ4n) is 3.91. The van der Waals surface area contributed by atoms with Gasteiger partial charge in [0.25, 0.3) is 0 Å². The van der Waals surface area contributed by atoms with Gasteiger partial charge < -0.3 is 20.2 Å². The first-order chi connectivity index (χ1) is 17.1. The Morgan fingerprint density at radius 3 is 2.11 bits per heavy atom. The van der Waals surface area contributed by atoms with Crippen molar-refractivity contribution in [3.05, 3.63) is 114 Å². The summed E-state index contributed by atoms with van der Waals surface area (Å²) in [6.07, 6.45) is 0. The number of oxazole rings is 1. The maximum Gasteiger partial charge on any atom is 0.238 e. The Bertz CT molecular complexity index is 1430. The van der Waals surface area contributed by atoms with Gasteiger partial charge in [0.05, 0.1) is 11.5 Å². The number of aromatic hydroxyl groups is 1. The van der Waals surface area contributed by atoms with Crippen molar-refractivity contribution in [1.29, 1.82) is 0 Å². The van der Waals surface area contributed by atoms with Crippen molar-refractivity contribution in [2.24, 2.45) is 0 Å². The molecule has 5 rings (SSSR count). The molecule has 0 aliphatic heterocycles. The Labute approximate surface area is 207 Å². The second-order valence-corrected chi connectivity index (χ2v) is 8.32. The number of carbonyl (C=O) groups is 1. The molecule has 0 spiro atoms. The number of carbonyl (C=O) groups excluding carboxylic acids is 1. The standard InChI is InChI=1S/C28H21N3O3S/c32-23-17-20(15-16-21(23)27-30-22-13-7-8-14-24(22)34-27)29-28(35)31-26(33)25(18-9-3-1-4-10-18)19-11-5-2-6-12-19/h1-17,25,32H,(H2,29,31,33,35). The molecule has 0 saturated heterocycles. The summed E-state index contributed by atoms with van der Waals surface area (Å²) in [6, 6.07) is 31.4. The van der Waals surface area contributed by atoms with Gasteiger partial charge in [0.15, 0.2) is 10.7 Å². The molecule has 172 valence electrons. The third kappa shape index (κ3) is 4.90. The highest BCUT2D eigenvalue weighted by atomic mass is 32.1. The van der Waals surface area contributed by atoms with Crippen LogP contribution in [0.5, 0.6) is 5.75 Å². The molecule has 0 aliphatic rings. The van der Waals surface area contributed by atoms with Crippen molar-refractivity contribution in [3.63, 3.8) is 0 Å².